The Bertz CT molecular complexity index is 550. The Hall–Kier alpha value is -2.08. The molecule has 2 heterocycles. The van der Waals surface area contributed by atoms with Gasteiger partial charge in [-0.2, -0.15) is 5.10 Å². The molecular formula is C14H18N4O2. The first-order valence-corrected chi connectivity index (χ1v) is 6.82. The summed E-state index contributed by atoms with van der Waals surface area (Å²) in [7, 11) is 0. The highest BCUT2D eigenvalue weighted by Crippen LogP contribution is 2.26. The molecule has 2 aliphatic heterocycles. The van der Waals surface area contributed by atoms with Gasteiger partial charge in [0, 0.05) is 25.9 Å². The number of rotatable bonds is 2. The van der Waals surface area contributed by atoms with Crippen molar-refractivity contribution in [3.05, 3.63) is 23.8 Å². The summed E-state index contributed by atoms with van der Waals surface area (Å²) in [6.07, 6.45) is 1.13. The molecule has 1 fully saturated rings. The summed E-state index contributed by atoms with van der Waals surface area (Å²) in [6, 6.07) is 5.97. The van der Waals surface area contributed by atoms with E-state index in [0.29, 0.717) is 12.8 Å². The SMILES string of the molecule is Nc1cc(C2=NNC(=O)CC2)ccc1N1CCOCC1. The second-order valence-electron chi connectivity index (χ2n) is 4.97. The molecule has 0 radical (unpaired) electrons. The van der Waals surface area contributed by atoms with Crippen LogP contribution in [0.4, 0.5) is 11.4 Å². The summed E-state index contributed by atoms with van der Waals surface area (Å²) in [4.78, 5) is 13.3. The van der Waals surface area contributed by atoms with Gasteiger partial charge in [0.2, 0.25) is 5.91 Å². The topological polar surface area (TPSA) is 79.9 Å². The van der Waals surface area contributed by atoms with Gasteiger partial charge in [-0.15, -0.1) is 0 Å². The van der Waals surface area contributed by atoms with E-state index in [1.54, 1.807) is 0 Å². The molecule has 3 N–H and O–H groups in total. The average Bonchev–Trinajstić information content (AvgIpc) is 2.49. The minimum absolute atomic E-state index is 0.0355. The van der Waals surface area contributed by atoms with E-state index in [9.17, 15) is 4.79 Å². The number of hydrazone groups is 1. The van der Waals surface area contributed by atoms with E-state index >= 15 is 0 Å². The number of amides is 1. The number of nitrogens with zero attached hydrogens (tertiary/aromatic N) is 2. The minimum Gasteiger partial charge on any atom is -0.397 e. The van der Waals surface area contributed by atoms with Crippen molar-refractivity contribution in [1.29, 1.82) is 0 Å². The maximum Gasteiger partial charge on any atom is 0.240 e. The fraction of sp³-hybridized carbons (Fsp3) is 0.429. The lowest BCUT2D eigenvalue weighted by Gasteiger charge is -2.30. The molecule has 106 valence electrons. The quantitative estimate of drug-likeness (QED) is 0.779. The molecule has 0 saturated carbocycles. The molecule has 0 aromatic heterocycles. The highest BCUT2D eigenvalue weighted by Gasteiger charge is 2.17. The van der Waals surface area contributed by atoms with Crippen LogP contribution in [-0.4, -0.2) is 37.9 Å². The summed E-state index contributed by atoms with van der Waals surface area (Å²) in [5.74, 6) is -0.0355. The van der Waals surface area contributed by atoms with E-state index in [2.05, 4.69) is 15.4 Å². The van der Waals surface area contributed by atoms with Crippen molar-refractivity contribution in [2.75, 3.05) is 36.9 Å². The molecule has 0 atom stereocenters. The first-order chi connectivity index (χ1) is 9.74. The Morgan fingerprint density at radius 1 is 1.25 bits per heavy atom. The minimum atomic E-state index is -0.0355. The fourth-order valence-electron chi connectivity index (χ4n) is 2.51. The lowest BCUT2D eigenvalue weighted by Crippen LogP contribution is -2.36. The first kappa shape index (κ1) is 12.9. The molecule has 1 amide bonds. The van der Waals surface area contributed by atoms with Gasteiger partial charge in [0.1, 0.15) is 0 Å². The van der Waals surface area contributed by atoms with Crippen LogP contribution in [0.2, 0.25) is 0 Å². The second kappa shape index (κ2) is 5.50. The number of morpholine rings is 1. The largest absolute Gasteiger partial charge is 0.397 e. The number of benzene rings is 1. The summed E-state index contributed by atoms with van der Waals surface area (Å²) in [6.45, 7) is 3.20. The van der Waals surface area contributed by atoms with Gasteiger partial charge in [0.05, 0.1) is 30.3 Å². The number of hydrogen-bond donors (Lipinski definition) is 2. The van der Waals surface area contributed by atoms with Crippen LogP contribution in [0.15, 0.2) is 23.3 Å². The monoisotopic (exact) mass is 274 g/mol. The third kappa shape index (κ3) is 2.60. The van der Waals surface area contributed by atoms with E-state index in [1.165, 1.54) is 0 Å². The maximum atomic E-state index is 11.1. The number of nitrogen functional groups attached to an aromatic ring is 1. The smallest absolute Gasteiger partial charge is 0.240 e. The third-order valence-electron chi connectivity index (χ3n) is 3.62. The van der Waals surface area contributed by atoms with Crippen LogP contribution in [0.1, 0.15) is 18.4 Å². The number of ether oxygens (including phenoxy) is 1. The predicted octanol–water partition coefficient (Wildman–Crippen LogP) is 0.719. The fourth-order valence-corrected chi connectivity index (χ4v) is 2.51. The van der Waals surface area contributed by atoms with Crippen molar-refractivity contribution in [2.24, 2.45) is 5.10 Å². The lowest BCUT2D eigenvalue weighted by atomic mass is 10.0. The Kier molecular flexibility index (Phi) is 3.56. The van der Waals surface area contributed by atoms with E-state index in [-0.39, 0.29) is 5.91 Å². The van der Waals surface area contributed by atoms with Crippen LogP contribution in [0, 0.1) is 0 Å². The van der Waals surface area contributed by atoms with Crippen LogP contribution >= 0.6 is 0 Å². The standard InChI is InChI=1S/C14H18N4O2/c15-11-9-10(12-2-4-14(19)17-16-12)1-3-13(11)18-5-7-20-8-6-18/h1,3,9H,2,4-8,15H2,(H,17,19). The number of anilines is 2. The Labute approximate surface area is 117 Å². The molecular weight excluding hydrogens is 256 g/mol. The van der Waals surface area contributed by atoms with Gasteiger partial charge >= 0.3 is 0 Å². The van der Waals surface area contributed by atoms with E-state index in [1.807, 2.05) is 18.2 Å². The molecule has 6 heteroatoms. The number of nitrogens with two attached hydrogens (primary N) is 1. The van der Waals surface area contributed by atoms with Crippen LogP contribution in [0.3, 0.4) is 0 Å². The van der Waals surface area contributed by atoms with Crippen molar-refractivity contribution < 1.29 is 9.53 Å². The molecule has 0 bridgehead atoms. The Morgan fingerprint density at radius 3 is 2.70 bits per heavy atom. The van der Waals surface area contributed by atoms with Gasteiger partial charge in [-0.25, -0.2) is 5.43 Å². The molecule has 3 rings (SSSR count). The van der Waals surface area contributed by atoms with Gasteiger partial charge in [-0.3, -0.25) is 4.79 Å². The first-order valence-electron chi connectivity index (χ1n) is 6.82. The molecule has 6 nitrogen and oxygen atoms in total. The second-order valence-corrected chi connectivity index (χ2v) is 4.97. The maximum absolute atomic E-state index is 11.1. The normalized spacial score (nSPS) is 19.5. The number of carbonyl (C=O) groups is 1. The number of hydrogen-bond acceptors (Lipinski definition) is 5. The highest BCUT2D eigenvalue weighted by molar-refractivity contribution is 6.05. The molecule has 20 heavy (non-hydrogen) atoms. The number of nitrogens with one attached hydrogen (secondary N) is 1. The Morgan fingerprint density at radius 2 is 2.05 bits per heavy atom. The molecule has 1 saturated heterocycles. The summed E-state index contributed by atoms with van der Waals surface area (Å²) in [5.41, 5.74) is 12.3. The van der Waals surface area contributed by atoms with E-state index < -0.39 is 0 Å². The van der Waals surface area contributed by atoms with Gasteiger partial charge in [0.25, 0.3) is 0 Å². The van der Waals surface area contributed by atoms with E-state index in [0.717, 1.165) is 49.0 Å². The van der Waals surface area contributed by atoms with Crippen molar-refractivity contribution in [2.45, 2.75) is 12.8 Å². The lowest BCUT2D eigenvalue weighted by molar-refractivity contribution is -0.121. The van der Waals surface area contributed by atoms with Crippen LogP contribution in [-0.2, 0) is 9.53 Å². The van der Waals surface area contributed by atoms with Crippen molar-refractivity contribution in [3.8, 4) is 0 Å². The van der Waals surface area contributed by atoms with Gasteiger partial charge in [0.15, 0.2) is 0 Å². The highest BCUT2D eigenvalue weighted by atomic mass is 16.5. The predicted molar refractivity (Wildman–Crippen MR) is 77.8 cm³/mol. The molecule has 0 aliphatic carbocycles. The van der Waals surface area contributed by atoms with Crippen molar-refractivity contribution in [3.63, 3.8) is 0 Å². The molecule has 0 spiro atoms. The molecule has 1 aromatic rings. The zero-order valence-electron chi connectivity index (χ0n) is 11.3. The van der Waals surface area contributed by atoms with E-state index in [4.69, 9.17) is 10.5 Å². The van der Waals surface area contributed by atoms with Gasteiger partial charge < -0.3 is 15.4 Å². The average molecular weight is 274 g/mol. The summed E-state index contributed by atoms with van der Waals surface area (Å²) < 4.78 is 5.35. The third-order valence-corrected chi connectivity index (χ3v) is 3.62. The van der Waals surface area contributed by atoms with Crippen molar-refractivity contribution >= 4 is 23.0 Å². The summed E-state index contributed by atoms with van der Waals surface area (Å²) in [5, 5.41) is 4.09. The molecule has 0 unspecified atom stereocenters. The van der Waals surface area contributed by atoms with Gasteiger partial charge in [-0.1, -0.05) is 6.07 Å². The van der Waals surface area contributed by atoms with Crippen LogP contribution in [0.25, 0.3) is 0 Å². The Balaban J connectivity index is 1.82. The van der Waals surface area contributed by atoms with Crippen LogP contribution in [0.5, 0.6) is 0 Å². The zero-order valence-corrected chi connectivity index (χ0v) is 11.3. The number of carbonyl (C=O) groups excluding carboxylic acids is 1. The summed E-state index contributed by atoms with van der Waals surface area (Å²) >= 11 is 0. The molecule has 1 aromatic carbocycles. The van der Waals surface area contributed by atoms with Crippen LogP contribution < -0.4 is 16.1 Å². The van der Waals surface area contributed by atoms with Gasteiger partial charge in [-0.05, 0) is 17.7 Å². The van der Waals surface area contributed by atoms with Crippen molar-refractivity contribution in [1.82, 2.24) is 5.43 Å². The zero-order chi connectivity index (χ0) is 13.9. The molecule has 2 aliphatic rings.